The number of nitrogens with one attached hydrogen (secondary N) is 3. The van der Waals surface area contributed by atoms with Crippen molar-refractivity contribution in [3.8, 4) is 11.5 Å². The predicted molar refractivity (Wildman–Crippen MR) is 114 cm³/mol. The molecule has 7 nitrogen and oxygen atoms in total. The Kier molecular flexibility index (Phi) is 8.24. The molecule has 2 aromatic rings. The summed E-state index contributed by atoms with van der Waals surface area (Å²) in [6, 6.07) is 12.9. The van der Waals surface area contributed by atoms with E-state index in [2.05, 4.69) is 17.2 Å². The van der Waals surface area contributed by atoms with Crippen molar-refractivity contribution < 1.29 is 24.0 Å². The average molecular weight is 398 g/mol. The Hall–Kier alpha value is -3.32. The van der Waals surface area contributed by atoms with E-state index in [4.69, 9.17) is 9.47 Å². The van der Waals surface area contributed by atoms with Gasteiger partial charge in [0.15, 0.2) is 6.54 Å². The molecule has 1 unspecified atom stereocenters. The smallest absolute Gasteiger partial charge is 0.279 e. The summed E-state index contributed by atoms with van der Waals surface area (Å²) < 4.78 is 10.8. The first-order valence-corrected chi connectivity index (χ1v) is 9.30. The molecule has 2 aromatic carbocycles. The van der Waals surface area contributed by atoms with Gasteiger partial charge in [-0.1, -0.05) is 12.7 Å². The summed E-state index contributed by atoms with van der Waals surface area (Å²) in [5, 5.41) is 5.55. The van der Waals surface area contributed by atoms with Crippen LogP contribution in [0.2, 0.25) is 0 Å². The molecule has 0 aliphatic rings. The molecule has 1 atom stereocenters. The zero-order chi connectivity index (χ0) is 21.2. The standard InChI is InChI=1S/C22H27N3O4/c1-5-12-29-19-9-6-17(7-10-19)14-25(3)15-22(27)24-20-13-18(23-16(2)26)8-11-21(20)28-4/h5-11,13H,1,12,14-15H2,2-4H3,(H,23,26)(H,24,27)/p+1. The van der Waals surface area contributed by atoms with E-state index in [1.54, 1.807) is 24.3 Å². The number of carbonyl (C=O) groups excluding carboxylic acids is 2. The predicted octanol–water partition coefficient (Wildman–Crippen LogP) is 1.87. The monoisotopic (exact) mass is 398 g/mol. The van der Waals surface area contributed by atoms with Gasteiger partial charge < -0.3 is 25.0 Å². The van der Waals surface area contributed by atoms with Crippen molar-refractivity contribution in [3.63, 3.8) is 0 Å². The molecule has 0 aliphatic heterocycles. The van der Waals surface area contributed by atoms with Gasteiger partial charge in [-0.3, -0.25) is 9.59 Å². The van der Waals surface area contributed by atoms with Gasteiger partial charge in [0.05, 0.1) is 19.8 Å². The van der Waals surface area contributed by atoms with E-state index >= 15 is 0 Å². The van der Waals surface area contributed by atoms with Gasteiger partial charge in [0.25, 0.3) is 5.91 Å². The Bertz CT molecular complexity index is 850. The van der Waals surface area contributed by atoms with E-state index in [0.717, 1.165) is 16.2 Å². The molecule has 154 valence electrons. The number of benzene rings is 2. The minimum atomic E-state index is -0.183. The van der Waals surface area contributed by atoms with Crippen LogP contribution < -0.4 is 25.0 Å². The molecule has 2 amide bonds. The maximum absolute atomic E-state index is 12.5. The molecule has 0 spiro atoms. The molecule has 3 N–H and O–H groups in total. The molecule has 29 heavy (non-hydrogen) atoms. The molecule has 0 heterocycles. The third-order valence-corrected chi connectivity index (χ3v) is 4.05. The molecule has 0 saturated heterocycles. The molecule has 0 radical (unpaired) electrons. The van der Waals surface area contributed by atoms with Crippen molar-refractivity contribution in [2.24, 2.45) is 0 Å². The van der Waals surface area contributed by atoms with Crippen LogP contribution in [-0.2, 0) is 16.1 Å². The summed E-state index contributed by atoms with van der Waals surface area (Å²) in [5.74, 6) is 0.986. The molecule has 7 heteroatoms. The van der Waals surface area contributed by atoms with Crippen molar-refractivity contribution in [1.82, 2.24) is 0 Å². The number of rotatable bonds is 10. The first kappa shape index (κ1) is 22.0. The fourth-order valence-electron chi connectivity index (χ4n) is 2.82. The van der Waals surface area contributed by atoms with Crippen LogP contribution in [0.3, 0.4) is 0 Å². The van der Waals surface area contributed by atoms with Crippen molar-refractivity contribution in [3.05, 3.63) is 60.7 Å². The Balaban J connectivity index is 1.94. The number of carbonyl (C=O) groups is 2. The number of hydrogen-bond donors (Lipinski definition) is 3. The van der Waals surface area contributed by atoms with Crippen LogP contribution in [0, 0.1) is 0 Å². The highest BCUT2D eigenvalue weighted by Crippen LogP contribution is 2.27. The lowest BCUT2D eigenvalue weighted by Crippen LogP contribution is -3.08. The number of likely N-dealkylation sites (N-methyl/N-ethyl adjacent to an activating group) is 1. The Morgan fingerprint density at radius 3 is 2.48 bits per heavy atom. The summed E-state index contributed by atoms with van der Waals surface area (Å²) in [5.41, 5.74) is 2.21. The second kappa shape index (κ2) is 10.9. The molecule has 0 aliphatic carbocycles. The van der Waals surface area contributed by atoms with E-state index in [0.29, 0.717) is 30.3 Å². The van der Waals surface area contributed by atoms with Crippen LogP contribution in [0.1, 0.15) is 12.5 Å². The van der Waals surface area contributed by atoms with Gasteiger partial charge in [-0.05, 0) is 42.5 Å². The number of ether oxygens (including phenoxy) is 2. The van der Waals surface area contributed by atoms with Crippen LogP contribution in [0.4, 0.5) is 11.4 Å². The first-order valence-electron chi connectivity index (χ1n) is 9.30. The maximum atomic E-state index is 12.5. The Morgan fingerprint density at radius 2 is 1.86 bits per heavy atom. The zero-order valence-electron chi connectivity index (χ0n) is 17.1. The quantitative estimate of drug-likeness (QED) is 0.534. The number of amides is 2. The second-order valence-electron chi connectivity index (χ2n) is 6.70. The highest BCUT2D eigenvalue weighted by Gasteiger charge is 2.14. The van der Waals surface area contributed by atoms with Gasteiger partial charge in [-0.15, -0.1) is 0 Å². The maximum Gasteiger partial charge on any atom is 0.279 e. The molecular weight excluding hydrogens is 370 g/mol. The third-order valence-electron chi connectivity index (χ3n) is 4.05. The Labute approximate surface area is 171 Å². The van der Waals surface area contributed by atoms with E-state index in [9.17, 15) is 9.59 Å². The summed E-state index contributed by atoms with van der Waals surface area (Å²) in [4.78, 5) is 24.8. The normalized spacial score (nSPS) is 11.3. The van der Waals surface area contributed by atoms with E-state index in [1.165, 1.54) is 14.0 Å². The summed E-state index contributed by atoms with van der Waals surface area (Å²) in [6.45, 7) is 6.50. The van der Waals surface area contributed by atoms with E-state index in [-0.39, 0.29) is 18.4 Å². The van der Waals surface area contributed by atoms with Crippen molar-refractivity contribution in [2.45, 2.75) is 13.5 Å². The van der Waals surface area contributed by atoms with Crippen LogP contribution in [-0.4, -0.2) is 39.1 Å². The van der Waals surface area contributed by atoms with Gasteiger partial charge in [0.2, 0.25) is 5.91 Å². The SMILES string of the molecule is C=CCOc1ccc(C[NH+](C)CC(=O)Nc2cc(NC(C)=O)ccc2OC)cc1. The lowest BCUT2D eigenvalue weighted by atomic mass is 10.2. The number of hydrogen-bond acceptors (Lipinski definition) is 4. The molecule has 0 fully saturated rings. The number of methoxy groups -OCH3 is 1. The molecular formula is C22H28N3O4+. The largest absolute Gasteiger partial charge is 0.495 e. The zero-order valence-corrected chi connectivity index (χ0v) is 17.1. The lowest BCUT2D eigenvalue weighted by Gasteiger charge is -2.16. The van der Waals surface area contributed by atoms with Crippen LogP contribution in [0.15, 0.2) is 55.1 Å². The minimum Gasteiger partial charge on any atom is -0.495 e. The fraction of sp³-hybridized carbons (Fsp3) is 0.273. The molecule has 0 aromatic heterocycles. The summed E-state index contributed by atoms with van der Waals surface area (Å²) in [7, 11) is 3.48. The molecule has 2 rings (SSSR count). The second-order valence-corrected chi connectivity index (χ2v) is 6.70. The van der Waals surface area contributed by atoms with Gasteiger partial charge in [0.1, 0.15) is 24.7 Å². The fourth-order valence-corrected chi connectivity index (χ4v) is 2.82. The molecule has 0 bridgehead atoms. The highest BCUT2D eigenvalue weighted by atomic mass is 16.5. The average Bonchev–Trinajstić information content (AvgIpc) is 2.67. The summed E-state index contributed by atoms with van der Waals surface area (Å²) in [6.07, 6.45) is 1.70. The topological polar surface area (TPSA) is 81.1 Å². The summed E-state index contributed by atoms with van der Waals surface area (Å²) >= 11 is 0. The van der Waals surface area contributed by atoms with Gasteiger partial charge >= 0.3 is 0 Å². The Morgan fingerprint density at radius 1 is 1.14 bits per heavy atom. The van der Waals surface area contributed by atoms with Gasteiger partial charge in [-0.25, -0.2) is 0 Å². The van der Waals surface area contributed by atoms with Gasteiger partial charge in [0, 0.05) is 18.2 Å². The van der Waals surface area contributed by atoms with Crippen molar-refractivity contribution >= 4 is 23.2 Å². The van der Waals surface area contributed by atoms with Crippen LogP contribution >= 0.6 is 0 Å². The first-order chi connectivity index (χ1) is 13.9. The van der Waals surface area contributed by atoms with Crippen LogP contribution in [0.25, 0.3) is 0 Å². The van der Waals surface area contributed by atoms with Crippen molar-refractivity contribution in [1.29, 1.82) is 0 Å². The number of anilines is 2. The minimum absolute atomic E-state index is 0.147. The van der Waals surface area contributed by atoms with Crippen LogP contribution in [0.5, 0.6) is 11.5 Å². The van der Waals surface area contributed by atoms with Gasteiger partial charge in [-0.2, -0.15) is 0 Å². The molecule has 0 saturated carbocycles. The van der Waals surface area contributed by atoms with E-state index in [1.807, 2.05) is 31.3 Å². The van der Waals surface area contributed by atoms with E-state index < -0.39 is 0 Å². The number of quaternary nitrogens is 1. The van der Waals surface area contributed by atoms with Crippen molar-refractivity contribution in [2.75, 3.05) is 37.9 Å². The lowest BCUT2D eigenvalue weighted by molar-refractivity contribution is -0.885. The third kappa shape index (κ3) is 7.31. The highest BCUT2D eigenvalue weighted by molar-refractivity contribution is 5.95.